The summed E-state index contributed by atoms with van der Waals surface area (Å²) in [6.45, 7) is 3.60. The molecule has 8 heteroatoms. The van der Waals surface area contributed by atoms with Gasteiger partial charge in [-0.3, -0.25) is 4.98 Å². The van der Waals surface area contributed by atoms with Crippen LogP contribution in [0.3, 0.4) is 0 Å². The van der Waals surface area contributed by atoms with E-state index in [1.165, 1.54) is 5.56 Å². The zero-order chi connectivity index (χ0) is 18.6. The van der Waals surface area contributed by atoms with Crippen LogP contribution >= 0.6 is 0 Å². The van der Waals surface area contributed by atoms with E-state index in [1.807, 2.05) is 18.3 Å². The lowest BCUT2D eigenvalue weighted by Crippen LogP contribution is -2.12. The third-order valence-corrected chi connectivity index (χ3v) is 4.55. The van der Waals surface area contributed by atoms with Gasteiger partial charge in [-0.25, -0.2) is 19.9 Å². The van der Waals surface area contributed by atoms with E-state index in [0.29, 0.717) is 12.6 Å². The number of ether oxygens (including phenoxy) is 1. The number of aromatic nitrogens is 5. The smallest absolute Gasteiger partial charge is 0.222 e. The summed E-state index contributed by atoms with van der Waals surface area (Å²) in [6.07, 6.45) is 7.77. The Labute approximate surface area is 157 Å². The third kappa shape index (κ3) is 3.64. The largest absolute Gasteiger partial charge is 0.491 e. The Morgan fingerprint density at radius 2 is 2.00 bits per heavy atom. The number of rotatable bonds is 6. The molecule has 1 aliphatic heterocycles. The van der Waals surface area contributed by atoms with Gasteiger partial charge in [0.25, 0.3) is 0 Å². The lowest BCUT2D eigenvalue weighted by atomic mass is 10.00. The number of pyridine rings is 1. The van der Waals surface area contributed by atoms with E-state index in [-0.39, 0.29) is 5.92 Å². The summed E-state index contributed by atoms with van der Waals surface area (Å²) in [5, 5.41) is 6.29. The lowest BCUT2D eigenvalue weighted by molar-refractivity contribution is 0.352. The normalized spacial score (nSPS) is 13.6. The fourth-order valence-corrected chi connectivity index (χ4v) is 3.06. The zero-order valence-electron chi connectivity index (χ0n) is 15.3. The molecule has 0 fully saturated rings. The van der Waals surface area contributed by atoms with Crippen molar-refractivity contribution >= 4 is 11.8 Å². The van der Waals surface area contributed by atoms with Gasteiger partial charge < -0.3 is 15.4 Å². The Balaban J connectivity index is 1.46. The minimum Gasteiger partial charge on any atom is -0.491 e. The van der Waals surface area contributed by atoms with Gasteiger partial charge in [-0.2, -0.15) is 0 Å². The number of nitrogens with zero attached hydrogens (tertiary/aromatic N) is 5. The Morgan fingerprint density at radius 1 is 1.15 bits per heavy atom. The maximum Gasteiger partial charge on any atom is 0.222 e. The van der Waals surface area contributed by atoms with Crippen LogP contribution in [0.1, 0.15) is 24.1 Å². The highest BCUT2D eigenvalue weighted by Gasteiger charge is 2.20. The molecular weight excluding hydrogens is 342 g/mol. The SMILES string of the molecule is CNc1ncc(-c2cc(NC[C@@H](C)c3ccnc4c3OCC4)ncn2)cn1. The minimum absolute atomic E-state index is 0.261. The summed E-state index contributed by atoms with van der Waals surface area (Å²) in [5.41, 5.74) is 3.84. The van der Waals surface area contributed by atoms with Crippen molar-refractivity contribution in [3.63, 3.8) is 0 Å². The first kappa shape index (κ1) is 17.1. The van der Waals surface area contributed by atoms with Crippen molar-refractivity contribution in [1.82, 2.24) is 24.9 Å². The van der Waals surface area contributed by atoms with Crippen molar-refractivity contribution in [3.05, 3.63) is 48.3 Å². The van der Waals surface area contributed by atoms with Gasteiger partial charge in [0.15, 0.2) is 0 Å². The molecule has 0 unspecified atom stereocenters. The fraction of sp³-hybridized carbons (Fsp3) is 0.316. The van der Waals surface area contributed by atoms with Crippen molar-refractivity contribution < 1.29 is 4.74 Å². The van der Waals surface area contributed by atoms with Gasteiger partial charge in [0.2, 0.25) is 5.95 Å². The summed E-state index contributed by atoms with van der Waals surface area (Å²) in [4.78, 5) is 21.5. The molecule has 0 bridgehead atoms. The highest BCUT2D eigenvalue weighted by atomic mass is 16.5. The van der Waals surface area contributed by atoms with Crippen LogP contribution in [0.5, 0.6) is 5.75 Å². The zero-order valence-corrected chi connectivity index (χ0v) is 15.3. The van der Waals surface area contributed by atoms with Gasteiger partial charge in [-0.1, -0.05) is 6.92 Å². The van der Waals surface area contributed by atoms with Crippen molar-refractivity contribution in [1.29, 1.82) is 0 Å². The molecule has 0 aliphatic carbocycles. The van der Waals surface area contributed by atoms with E-state index < -0.39 is 0 Å². The number of nitrogens with one attached hydrogen (secondary N) is 2. The maximum absolute atomic E-state index is 5.76. The van der Waals surface area contributed by atoms with Gasteiger partial charge in [0.05, 0.1) is 18.0 Å². The van der Waals surface area contributed by atoms with Crippen molar-refractivity contribution in [2.24, 2.45) is 0 Å². The van der Waals surface area contributed by atoms with Gasteiger partial charge in [0.1, 0.15) is 17.9 Å². The molecule has 1 aliphatic rings. The quantitative estimate of drug-likeness (QED) is 0.689. The Bertz CT molecular complexity index is 930. The second-order valence-corrected chi connectivity index (χ2v) is 6.39. The van der Waals surface area contributed by atoms with Crippen LogP contribution in [0.4, 0.5) is 11.8 Å². The molecular formula is C19H21N7O. The Hall–Kier alpha value is -3.29. The monoisotopic (exact) mass is 363 g/mol. The Morgan fingerprint density at radius 3 is 2.81 bits per heavy atom. The predicted molar refractivity (Wildman–Crippen MR) is 103 cm³/mol. The van der Waals surface area contributed by atoms with Crippen LogP contribution < -0.4 is 15.4 Å². The van der Waals surface area contributed by atoms with Gasteiger partial charge in [0, 0.05) is 61.7 Å². The molecule has 27 heavy (non-hydrogen) atoms. The average molecular weight is 363 g/mol. The van der Waals surface area contributed by atoms with Crippen LogP contribution in [0.15, 0.2) is 37.1 Å². The van der Waals surface area contributed by atoms with Crippen LogP contribution in [0, 0.1) is 0 Å². The van der Waals surface area contributed by atoms with Crippen molar-refractivity contribution in [2.45, 2.75) is 19.3 Å². The van der Waals surface area contributed by atoms with Crippen molar-refractivity contribution in [3.8, 4) is 17.0 Å². The number of anilines is 2. The first-order chi connectivity index (χ1) is 13.2. The first-order valence-electron chi connectivity index (χ1n) is 8.91. The van der Waals surface area contributed by atoms with E-state index in [2.05, 4.69) is 42.5 Å². The molecule has 0 radical (unpaired) electrons. The van der Waals surface area contributed by atoms with E-state index >= 15 is 0 Å². The number of fused-ring (bicyclic) bond motifs is 1. The highest BCUT2D eigenvalue weighted by molar-refractivity contribution is 5.60. The second-order valence-electron chi connectivity index (χ2n) is 6.39. The van der Waals surface area contributed by atoms with Crippen LogP contribution in [0.25, 0.3) is 11.3 Å². The summed E-state index contributed by atoms with van der Waals surface area (Å²) in [5.74, 6) is 2.54. The molecule has 0 saturated carbocycles. The molecule has 0 saturated heterocycles. The summed E-state index contributed by atoms with van der Waals surface area (Å²) in [7, 11) is 1.78. The minimum atomic E-state index is 0.261. The molecule has 1 atom stereocenters. The van der Waals surface area contributed by atoms with E-state index in [0.717, 1.165) is 41.5 Å². The molecule has 8 nitrogen and oxygen atoms in total. The van der Waals surface area contributed by atoms with E-state index in [1.54, 1.807) is 25.8 Å². The summed E-state index contributed by atoms with van der Waals surface area (Å²) < 4.78 is 5.76. The second kappa shape index (κ2) is 7.53. The lowest BCUT2D eigenvalue weighted by Gasteiger charge is -2.16. The van der Waals surface area contributed by atoms with Crippen molar-refractivity contribution in [2.75, 3.05) is 30.8 Å². The van der Waals surface area contributed by atoms with Crippen LogP contribution in [-0.2, 0) is 6.42 Å². The fourth-order valence-electron chi connectivity index (χ4n) is 3.06. The molecule has 0 aromatic carbocycles. The maximum atomic E-state index is 5.76. The van der Waals surface area contributed by atoms with E-state index in [4.69, 9.17) is 4.74 Å². The molecule has 4 rings (SSSR count). The molecule has 138 valence electrons. The van der Waals surface area contributed by atoms with Gasteiger partial charge in [-0.05, 0) is 6.07 Å². The van der Waals surface area contributed by atoms with Gasteiger partial charge in [-0.15, -0.1) is 0 Å². The molecule has 0 spiro atoms. The van der Waals surface area contributed by atoms with Crippen LogP contribution in [0.2, 0.25) is 0 Å². The summed E-state index contributed by atoms with van der Waals surface area (Å²) in [6, 6.07) is 3.93. The predicted octanol–water partition coefficient (Wildman–Crippen LogP) is 2.52. The number of hydrogen-bond acceptors (Lipinski definition) is 8. The first-order valence-corrected chi connectivity index (χ1v) is 8.91. The third-order valence-electron chi connectivity index (χ3n) is 4.55. The number of hydrogen-bond donors (Lipinski definition) is 2. The molecule has 3 aromatic heterocycles. The molecule has 0 amide bonds. The van der Waals surface area contributed by atoms with E-state index in [9.17, 15) is 0 Å². The molecule has 2 N–H and O–H groups in total. The van der Waals surface area contributed by atoms with Gasteiger partial charge >= 0.3 is 0 Å². The Kier molecular flexibility index (Phi) is 4.78. The average Bonchev–Trinajstić information content (AvgIpc) is 3.21. The molecule has 4 heterocycles. The van der Waals surface area contributed by atoms with Crippen LogP contribution in [-0.4, -0.2) is 45.1 Å². The summed E-state index contributed by atoms with van der Waals surface area (Å²) >= 11 is 0. The topological polar surface area (TPSA) is 97.7 Å². The standard InChI is InChI=1S/C19H21N7O/c1-12(14-3-5-21-15-4-6-27-18(14)15)8-22-17-7-16(25-11-26-17)13-9-23-19(20-2)24-10-13/h3,5,7,9-12H,4,6,8H2,1-2H3,(H,20,23,24)(H,22,25,26)/t12-/m1/s1. The highest BCUT2D eigenvalue weighted by Crippen LogP contribution is 2.32. The molecule has 3 aromatic rings.